The van der Waals surface area contributed by atoms with Crippen molar-refractivity contribution in [3.8, 4) is 0 Å². The number of hydrogen-bond acceptors (Lipinski definition) is 2. The molecule has 1 unspecified atom stereocenters. The number of benzene rings is 1. The first kappa shape index (κ1) is 12.5. The van der Waals surface area contributed by atoms with E-state index in [1.165, 1.54) is 12.8 Å². The van der Waals surface area contributed by atoms with E-state index in [1.54, 1.807) is 0 Å². The van der Waals surface area contributed by atoms with Crippen LogP contribution in [-0.4, -0.2) is 24.5 Å². The Bertz CT molecular complexity index is 490. The van der Waals surface area contributed by atoms with E-state index in [4.69, 9.17) is 11.6 Å². The summed E-state index contributed by atoms with van der Waals surface area (Å²) in [6.45, 7) is 0.752. The largest absolute Gasteiger partial charge is 0.310 e. The summed E-state index contributed by atoms with van der Waals surface area (Å²) in [6, 6.07) is 6.07. The molecular weight excluding hydrogens is 316 g/mol. The summed E-state index contributed by atoms with van der Waals surface area (Å²) in [7, 11) is 0. The second kappa shape index (κ2) is 4.83. The number of nitrogens with one attached hydrogen (secondary N) is 1. The average molecular weight is 330 g/mol. The molecule has 1 saturated carbocycles. The van der Waals surface area contributed by atoms with E-state index in [2.05, 4.69) is 21.2 Å². The van der Waals surface area contributed by atoms with E-state index in [0.29, 0.717) is 11.1 Å². The fraction of sp³-hybridized carbons (Fsp3) is 0.462. The maximum absolute atomic E-state index is 12.3. The third-order valence-corrected chi connectivity index (χ3v) is 4.32. The number of amides is 1. The number of hydrogen-bond donors (Lipinski definition) is 1. The molecule has 5 heteroatoms. The van der Waals surface area contributed by atoms with E-state index in [9.17, 15) is 4.79 Å². The van der Waals surface area contributed by atoms with Gasteiger partial charge in [-0.05, 0) is 53.4 Å². The van der Waals surface area contributed by atoms with Crippen molar-refractivity contribution in [1.29, 1.82) is 0 Å². The van der Waals surface area contributed by atoms with Crippen molar-refractivity contribution in [3.05, 3.63) is 27.7 Å². The molecule has 1 amide bonds. The lowest BCUT2D eigenvalue weighted by Crippen LogP contribution is -2.39. The average Bonchev–Trinajstić information content (AvgIpc) is 3.09. The zero-order valence-corrected chi connectivity index (χ0v) is 12.2. The van der Waals surface area contributed by atoms with Crippen LogP contribution in [-0.2, 0) is 4.79 Å². The van der Waals surface area contributed by atoms with Crippen LogP contribution >= 0.6 is 27.5 Å². The minimum absolute atomic E-state index is 0.0246. The lowest BCUT2D eigenvalue weighted by atomic mass is 10.2. The fourth-order valence-electron chi connectivity index (χ4n) is 2.30. The molecule has 18 heavy (non-hydrogen) atoms. The van der Waals surface area contributed by atoms with Crippen LogP contribution in [0.3, 0.4) is 0 Å². The van der Waals surface area contributed by atoms with Crippen LogP contribution in [0.1, 0.15) is 19.3 Å². The van der Waals surface area contributed by atoms with Crippen molar-refractivity contribution in [2.24, 2.45) is 0 Å². The number of carbonyl (C=O) groups excluding carboxylic acids is 1. The molecule has 0 bridgehead atoms. The van der Waals surface area contributed by atoms with Gasteiger partial charge < -0.3 is 10.2 Å². The first-order valence-corrected chi connectivity index (χ1v) is 7.35. The first-order chi connectivity index (χ1) is 8.65. The fourth-order valence-corrected chi connectivity index (χ4v) is 2.93. The molecule has 1 aromatic carbocycles. The molecule has 96 valence electrons. The standard InChI is InChI=1S/C13H14BrClN2O/c14-10-4-1-8(15)7-12(10)17-6-5-11(13(17)18)16-9-2-3-9/h1,4,7,9,11,16H,2-3,5-6H2. The van der Waals surface area contributed by atoms with Crippen LogP contribution < -0.4 is 10.2 Å². The van der Waals surface area contributed by atoms with Crippen LogP contribution in [0.5, 0.6) is 0 Å². The Balaban J connectivity index is 1.80. The highest BCUT2D eigenvalue weighted by atomic mass is 79.9. The molecule has 1 saturated heterocycles. The predicted molar refractivity (Wildman–Crippen MR) is 76.1 cm³/mol. The minimum Gasteiger partial charge on any atom is -0.310 e. The van der Waals surface area contributed by atoms with Crippen LogP contribution in [0, 0.1) is 0 Å². The van der Waals surface area contributed by atoms with Crippen molar-refractivity contribution >= 4 is 39.1 Å². The van der Waals surface area contributed by atoms with Gasteiger partial charge >= 0.3 is 0 Å². The molecular formula is C13H14BrClN2O. The molecule has 2 aliphatic rings. The Morgan fingerprint density at radius 2 is 2.11 bits per heavy atom. The van der Waals surface area contributed by atoms with E-state index < -0.39 is 0 Å². The topological polar surface area (TPSA) is 32.3 Å². The Hall–Kier alpha value is -0.580. The summed E-state index contributed by atoms with van der Waals surface area (Å²) >= 11 is 9.48. The molecule has 0 aromatic heterocycles. The van der Waals surface area contributed by atoms with Gasteiger partial charge in [0.05, 0.1) is 11.7 Å². The first-order valence-electron chi connectivity index (χ1n) is 6.17. The maximum atomic E-state index is 12.3. The predicted octanol–water partition coefficient (Wildman–Crippen LogP) is 2.96. The third kappa shape index (κ3) is 2.42. The Morgan fingerprint density at radius 3 is 2.83 bits per heavy atom. The van der Waals surface area contributed by atoms with Gasteiger partial charge in [0.1, 0.15) is 0 Å². The SMILES string of the molecule is O=C1C(NC2CC2)CCN1c1cc(Cl)ccc1Br. The van der Waals surface area contributed by atoms with Gasteiger partial charge in [-0.15, -0.1) is 0 Å². The Kier molecular flexibility index (Phi) is 3.34. The highest BCUT2D eigenvalue weighted by molar-refractivity contribution is 9.10. The van der Waals surface area contributed by atoms with Gasteiger partial charge in [0.25, 0.3) is 0 Å². The molecule has 2 fully saturated rings. The van der Waals surface area contributed by atoms with Crippen LogP contribution in [0.25, 0.3) is 0 Å². The maximum Gasteiger partial charge on any atom is 0.244 e. The summed E-state index contributed by atoms with van der Waals surface area (Å²) in [5.74, 6) is 0.157. The second-order valence-corrected chi connectivity index (χ2v) is 6.16. The zero-order chi connectivity index (χ0) is 12.7. The van der Waals surface area contributed by atoms with E-state index in [0.717, 1.165) is 23.1 Å². The number of anilines is 1. The van der Waals surface area contributed by atoms with Crippen LogP contribution in [0.2, 0.25) is 5.02 Å². The molecule has 1 N–H and O–H groups in total. The van der Waals surface area contributed by atoms with Gasteiger partial charge in [-0.3, -0.25) is 4.79 Å². The second-order valence-electron chi connectivity index (χ2n) is 4.87. The molecule has 1 aliphatic heterocycles. The lowest BCUT2D eigenvalue weighted by Gasteiger charge is -2.19. The van der Waals surface area contributed by atoms with E-state index >= 15 is 0 Å². The molecule has 1 heterocycles. The molecule has 3 nitrogen and oxygen atoms in total. The van der Waals surface area contributed by atoms with E-state index in [1.807, 2.05) is 23.1 Å². The number of halogens is 2. The highest BCUT2D eigenvalue weighted by Gasteiger charge is 2.36. The lowest BCUT2D eigenvalue weighted by molar-refractivity contribution is -0.118. The Labute approximate surface area is 120 Å². The summed E-state index contributed by atoms with van der Waals surface area (Å²) in [4.78, 5) is 14.1. The normalized spacial score (nSPS) is 23.8. The molecule has 0 radical (unpaired) electrons. The smallest absolute Gasteiger partial charge is 0.244 e. The Morgan fingerprint density at radius 1 is 1.33 bits per heavy atom. The van der Waals surface area contributed by atoms with Crippen molar-refractivity contribution in [1.82, 2.24) is 5.32 Å². The number of rotatable bonds is 3. The van der Waals surface area contributed by atoms with Crippen molar-refractivity contribution < 1.29 is 4.79 Å². The third-order valence-electron chi connectivity index (χ3n) is 3.42. The monoisotopic (exact) mass is 328 g/mol. The van der Waals surface area contributed by atoms with Crippen molar-refractivity contribution in [2.75, 3.05) is 11.4 Å². The van der Waals surface area contributed by atoms with Crippen molar-refractivity contribution in [2.45, 2.75) is 31.3 Å². The van der Waals surface area contributed by atoms with Gasteiger partial charge in [-0.2, -0.15) is 0 Å². The van der Waals surface area contributed by atoms with Gasteiger partial charge in [-0.25, -0.2) is 0 Å². The number of nitrogens with zero attached hydrogens (tertiary/aromatic N) is 1. The number of carbonyl (C=O) groups is 1. The summed E-state index contributed by atoms with van der Waals surface area (Å²) < 4.78 is 0.910. The van der Waals surface area contributed by atoms with Crippen LogP contribution in [0.4, 0.5) is 5.69 Å². The van der Waals surface area contributed by atoms with Crippen LogP contribution in [0.15, 0.2) is 22.7 Å². The van der Waals surface area contributed by atoms with Gasteiger partial charge in [0, 0.05) is 22.1 Å². The molecule has 1 aromatic rings. The van der Waals surface area contributed by atoms with Gasteiger partial charge in [-0.1, -0.05) is 11.6 Å². The summed E-state index contributed by atoms with van der Waals surface area (Å²) in [6.07, 6.45) is 3.27. The zero-order valence-electron chi connectivity index (χ0n) is 9.83. The molecule has 1 aliphatic carbocycles. The quantitative estimate of drug-likeness (QED) is 0.924. The minimum atomic E-state index is -0.0246. The van der Waals surface area contributed by atoms with Crippen molar-refractivity contribution in [3.63, 3.8) is 0 Å². The summed E-state index contributed by atoms with van der Waals surface area (Å²) in [5, 5.41) is 4.05. The molecule has 3 rings (SSSR count). The van der Waals surface area contributed by atoms with Gasteiger partial charge in [0.2, 0.25) is 5.91 Å². The molecule has 0 spiro atoms. The van der Waals surface area contributed by atoms with E-state index in [-0.39, 0.29) is 11.9 Å². The molecule has 1 atom stereocenters. The summed E-state index contributed by atoms with van der Waals surface area (Å²) in [5.41, 5.74) is 0.868. The highest BCUT2D eigenvalue weighted by Crippen LogP contribution is 2.33. The van der Waals surface area contributed by atoms with Gasteiger partial charge in [0.15, 0.2) is 0 Å².